The summed E-state index contributed by atoms with van der Waals surface area (Å²) in [6.07, 6.45) is 2.82. The lowest BCUT2D eigenvalue weighted by Crippen LogP contribution is -2.56. The maximum absolute atomic E-state index is 13.8. The number of nitrogens with one attached hydrogen (secondary N) is 1. The van der Waals surface area contributed by atoms with Crippen LogP contribution in [-0.4, -0.2) is 63.8 Å². The Bertz CT molecular complexity index is 1080. The number of likely N-dealkylation sites (N-methyl/N-ethyl adjacent to an activating group) is 1. The van der Waals surface area contributed by atoms with E-state index in [-0.39, 0.29) is 23.9 Å². The van der Waals surface area contributed by atoms with Crippen molar-refractivity contribution in [2.75, 3.05) is 25.0 Å². The number of carbonyl (C=O) groups excluding carboxylic acids is 3. The Labute approximate surface area is 200 Å². The Morgan fingerprint density at radius 2 is 1.62 bits per heavy atom. The number of hydrogen-bond donors (Lipinski definition) is 1. The van der Waals surface area contributed by atoms with Gasteiger partial charge in [0.15, 0.2) is 0 Å². The van der Waals surface area contributed by atoms with Gasteiger partial charge in [0.25, 0.3) is 5.91 Å². The van der Waals surface area contributed by atoms with E-state index in [2.05, 4.69) is 22.3 Å². The quantitative estimate of drug-likeness (QED) is 0.694. The minimum atomic E-state index is -0.716. The molecule has 2 heterocycles. The monoisotopic (exact) mass is 460 g/mol. The number of carbonyl (C=O) groups is 3. The van der Waals surface area contributed by atoms with Gasteiger partial charge in [0, 0.05) is 44.8 Å². The zero-order chi connectivity index (χ0) is 23.9. The van der Waals surface area contributed by atoms with Gasteiger partial charge in [-0.1, -0.05) is 36.4 Å². The molecule has 1 spiro atoms. The van der Waals surface area contributed by atoms with Crippen molar-refractivity contribution in [3.63, 3.8) is 0 Å². The first-order valence-corrected chi connectivity index (χ1v) is 12.2. The smallest absolute Gasteiger partial charge is 0.326 e. The van der Waals surface area contributed by atoms with E-state index in [0.717, 1.165) is 43.7 Å². The Kier molecular flexibility index (Phi) is 5.90. The number of imide groups is 1. The number of likely N-dealkylation sites (tertiary alicyclic amines) is 1. The number of nitrogens with zero attached hydrogens (tertiary/aromatic N) is 3. The van der Waals surface area contributed by atoms with Crippen LogP contribution in [0.5, 0.6) is 0 Å². The number of piperidine rings is 1. The average Bonchev–Trinajstić information content (AvgIpc) is 3.33. The second kappa shape index (κ2) is 8.87. The number of hydrogen-bond acceptors (Lipinski definition) is 4. The van der Waals surface area contributed by atoms with E-state index in [4.69, 9.17) is 0 Å². The maximum Gasteiger partial charge on any atom is 0.327 e. The molecule has 178 valence electrons. The largest absolute Gasteiger partial charge is 0.327 e. The van der Waals surface area contributed by atoms with Crippen molar-refractivity contribution in [1.29, 1.82) is 0 Å². The first-order chi connectivity index (χ1) is 16.4. The van der Waals surface area contributed by atoms with E-state index in [0.29, 0.717) is 19.4 Å². The molecule has 1 aliphatic carbocycles. The third-order valence-electron chi connectivity index (χ3n) is 7.65. The molecular formula is C27H32N4O3. The van der Waals surface area contributed by atoms with E-state index in [1.165, 1.54) is 18.1 Å². The zero-order valence-electron chi connectivity index (χ0n) is 19.9. The van der Waals surface area contributed by atoms with Crippen molar-refractivity contribution in [3.05, 3.63) is 65.2 Å². The summed E-state index contributed by atoms with van der Waals surface area (Å²) >= 11 is 0. The molecule has 34 heavy (non-hydrogen) atoms. The Hall–Kier alpha value is -3.19. The SMILES string of the molecule is CCN1C(=O)N(C2Cc3ccccc3C2)C(=O)C12CCN(Cc1ccc(NC(C)=O)cc1)CC2. The Balaban J connectivity index is 1.26. The van der Waals surface area contributed by atoms with Crippen molar-refractivity contribution in [1.82, 2.24) is 14.7 Å². The van der Waals surface area contributed by atoms with Crippen LogP contribution in [0.3, 0.4) is 0 Å². The predicted molar refractivity (Wildman–Crippen MR) is 130 cm³/mol. The molecule has 2 aromatic carbocycles. The minimum Gasteiger partial charge on any atom is -0.326 e. The molecule has 3 aliphatic rings. The zero-order valence-corrected chi connectivity index (χ0v) is 19.9. The van der Waals surface area contributed by atoms with Crippen LogP contribution in [-0.2, 0) is 29.0 Å². The molecule has 0 atom stereocenters. The molecule has 0 unspecified atom stereocenters. The molecule has 2 saturated heterocycles. The summed E-state index contributed by atoms with van der Waals surface area (Å²) in [5, 5.41) is 2.79. The number of rotatable bonds is 5. The van der Waals surface area contributed by atoms with Gasteiger partial charge in [0.05, 0.1) is 0 Å². The van der Waals surface area contributed by atoms with Gasteiger partial charge in [-0.15, -0.1) is 0 Å². The summed E-state index contributed by atoms with van der Waals surface area (Å²) < 4.78 is 0. The summed E-state index contributed by atoms with van der Waals surface area (Å²) in [6.45, 7) is 6.34. The van der Waals surface area contributed by atoms with Crippen molar-refractivity contribution in [3.8, 4) is 0 Å². The number of fused-ring (bicyclic) bond motifs is 1. The highest BCUT2D eigenvalue weighted by molar-refractivity contribution is 6.07. The lowest BCUT2D eigenvalue weighted by atomic mass is 9.85. The van der Waals surface area contributed by atoms with Crippen molar-refractivity contribution < 1.29 is 14.4 Å². The molecule has 7 heteroatoms. The van der Waals surface area contributed by atoms with Crippen LogP contribution in [0.25, 0.3) is 0 Å². The summed E-state index contributed by atoms with van der Waals surface area (Å²) in [7, 11) is 0. The standard InChI is InChI=1S/C27H32N4O3/c1-3-30-26(34)31(24-16-21-6-4-5-7-22(21)17-24)25(33)27(30)12-14-29(15-13-27)18-20-8-10-23(11-9-20)28-19(2)32/h4-11,24H,3,12-18H2,1-2H3,(H,28,32). The molecule has 2 aliphatic heterocycles. The lowest BCUT2D eigenvalue weighted by Gasteiger charge is -2.42. The van der Waals surface area contributed by atoms with E-state index >= 15 is 0 Å². The Morgan fingerprint density at radius 3 is 2.18 bits per heavy atom. The highest BCUT2D eigenvalue weighted by Crippen LogP contribution is 2.40. The van der Waals surface area contributed by atoms with Gasteiger partial charge in [0.1, 0.15) is 5.54 Å². The highest BCUT2D eigenvalue weighted by atomic mass is 16.2. The number of anilines is 1. The normalized spacial score (nSPS) is 20.3. The molecule has 0 bridgehead atoms. The van der Waals surface area contributed by atoms with Crippen LogP contribution in [0.2, 0.25) is 0 Å². The van der Waals surface area contributed by atoms with Crippen LogP contribution in [0.4, 0.5) is 10.5 Å². The van der Waals surface area contributed by atoms with Gasteiger partial charge >= 0.3 is 6.03 Å². The molecule has 0 saturated carbocycles. The first-order valence-electron chi connectivity index (χ1n) is 12.2. The maximum atomic E-state index is 13.8. The van der Waals surface area contributed by atoms with Crippen LogP contribution in [0, 0.1) is 0 Å². The minimum absolute atomic E-state index is 0.00327. The molecule has 0 radical (unpaired) electrons. The van der Waals surface area contributed by atoms with Crippen molar-refractivity contribution >= 4 is 23.5 Å². The van der Waals surface area contributed by atoms with Crippen LogP contribution < -0.4 is 5.32 Å². The molecule has 2 aromatic rings. The summed E-state index contributed by atoms with van der Waals surface area (Å²) in [5.41, 5.74) is 3.73. The van der Waals surface area contributed by atoms with Gasteiger partial charge in [-0.2, -0.15) is 0 Å². The van der Waals surface area contributed by atoms with Gasteiger partial charge in [-0.25, -0.2) is 4.79 Å². The first kappa shape index (κ1) is 22.6. The second-order valence-corrected chi connectivity index (χ2v) is 9.72. The van der Waals surface area contributed by atoms with Crippen LogP contribution in [0.15, 0.2) is 48.5 Å². The number of amides is 4. The summed E-state index contributed by atoms with van der Waals surface area (Å²) in [4.78, 5) is 44.2. The van der Waals surface area contributed by atoms with Gasteiger partial charge in [-0.05, 0) is 61.4 Å². The Morgan fingerprint density at radius 1 is 1.00 bits per heavy atom. The summed E-state index contributed by atoms with van der Waals surface area (Å²) in [6, 6.07) is 15.9. The van der Waals surface area contributed by atoms with Gasteiger partial charge < -0.3 is 10.2 Å². The average molecular weight is 461 g/mol. The fourth-order valence-electron chi connectivity index (χ4n) is 5.94. The number of benzene rings is 2. The fourth-order valence-corrected chi connectivity index (χ4v) is 5.94. The van der Waals surface area contributed by atoms with Crippen molar-refractivity contribution in [2.45, 2.75) is 57.7 Å². The van der Waals surface area contributed by atoms with E-state index in [9.17, 15) is 14.4 Å². The van der Waals surface area contributed by atoms with E-state index in [1.54, 1.807) is 4.90 Å². The van der Waals surface area contributed by atoms with Gasteiger partial charge in [0.2, 0.25) is 5.91 Å². The lowest BCUT2D eigenvalue weighted by molar-refractivity contribution is -0.137. The molecular weight excluding hydrogens is 428 g/mol. The topological polar surface area (TPSA) is 73.0 Å². The van der Waals surface area contributed by atoms with Gasteiger partial charge in [-0.3, -0.25) is 19.4 Å². The van der Waals surface area contributed by atoms with E-state index < -0.39 is 5.54 Å². The van der Waals surface area contributed by atoms with Crippen LogP contribution >= 0.6 is 0 Å². The molecule has 1 N–H and O–H groups in total. The predicted octanol–water partition coefficient (Wildman–Crippen LogP) is 3.43. The molecule has 2 fully saturated rings. The van der Waals surface area contributed by atoms with Crippen molar-refractivity contribution in [2.24, 2.45) is 0 Å². The molecule has 0 aromatic heterocycles. The third kappa shape index (κ3) is 3.88. The second-order valence-electron chi connectivity index (χ2n) is 9.72. The molecule has 4 amide bonds. The summed E-state index contributed by atoms with van der Waals surface area (Å²) in [5.74, 6) is -0.0858. The highest BCUT2D eigenvalue weighted by Gasteiger charge is 2.59. The molecule has 7 nitrogen and oxygen atoms in total. The van der Waals surface area contributed by atoms with E-state index in [1.807, 2.05) is 48.2 Å². The number of urea groups is 1. The third-order valence-corrected chi connectivity index (χ3v) is 7.65. The molecule has 5 rings (SSSR count). The fraction of sp³-hybridized carbons (Fsp3) is 0.444. The van der Waals surface area contributed by atoms with Crippen LogP contribution in [0.1, 0.15) is 43.4 Å².